The van der Waals surface area contributed by atoms with Gasteiger partial charge in [0.25, 0.3) is 17.4 Å². The van der Waals surface area contributed by atoms with Crippen LogP contribution in [0.25, 0.3) is 0 Å². The molecule has 0 spiro atoms. The molecule has 168 valence electrons. The second kappa shape index (κ2) is 8.97. The lowest BCUT2D eigenvalue weighted by Gasteiger charge is -2.36. The zero-order valence-electron chi connectivity index (χ0n) is 18.2. The number of piperidine rings is 1. The van der Waals surface area contributed by atoms with Crippen LogP contribution >= 0.6 is 0 Å². The summed E-state index contributed by atoms with van der Waals surface area (Å²) in [7, 11) is 0. The number of rotatable bonds is 3. The third kappa shape index (κ3) is 4.16. The maximum absolute atomic E-state index is 13.2. The first kappa shape index (κ1) is 21.1. The van der Waals surface area contributed by atoms with Crippen LogP contribution in [0.5, 0.6) is 0 Å². The number of hydrogen-bond donors (Lipinski definition) is 1. The first-order valence-electron chi connectivity index (χ1n) is 11.3. The van der Waals surface area contributed by atoms with E-state index in [1.54, 1.807) is 41.6 Å². The van der Waals surface area contributed by atoms with Crippen molar-refractivity contribution >= 4 is 11.8 Å². The van der Waals surface area contributed by atoms with E-state index in [-0.39, 0.29) is 30.0 Å². The van der Waals surface area contributed by atoms with Gasteiger partial charge in [-0.05, 0) is 49.9 Å². The molecule has 5 rings (SSSR count). The van der Waals surface area contributed by atoms with E-state index < -0.39 is 0 Å². The summed E-state index contributed by atoms with van der Waals surface area (Å²) in [5.41, 5.74) is 2.18. The second-order valence-corrected chi connectivity index (χ2v) is 8.47. The summed E-state index contributed by atoms with van der Waals surface area (Å²) < 4.78 is 0. The summed E-state index contributed by atoms with van der Waals surface area (Å²) >= 11 is 0. The molecule has 8 nitrogen and oxygen atoms in total. The highest BCUT2D eigenvalue weighted by Gasteiger charge is 2.32. The van der Waals surface area contributed by atoms with E-state index in [1.165, 1.54) is 0 Å². The summed E-state index contributed by atoms with van der Waals surface area (Å²) in [6, 6.07) is 12.3. The number of aromatic amines is 1. The molecule has 2 amide bonds. The van der Waals surface area contributed by atoms with Gasteiger partial charge in [0.05, 0.1) is 23.8 Å². The van der Waals surface area contributed by atoms with Gasteiger partial charge in [-0.25, -0.2) is 4.98 Å². The molecule has 2 aliphatic heterocycles. The quantitative estimate of drug-likeness (QED) is 0.671. The van der Waals surface area contributed by atoms with Gasteiger partial charge in [-0.15, -0.1) is 0 Å². The van der Waals surface area contributed by atoms with E-state index in [0.29, 0.717) is 47.7 Å². The van der Waals surface area contributed by atoms with Crippen LogP contribution in [-0.2, 0) is 13.0 Å². The van der Waals surface area contributed by atoms with Crippen molar-refractivity contribution in [3.8, 4) is 0 Å². The molecule has 0 unspecified atom stereocenters. The molecule has 1 saturated heterocycles. The number of carbonyl (C=O) groups is 2. The molecule has 2 aliphatic rings. The minimum absolute atomic E-state index is 0.0611. The average molecular weight is 444 g/mol. The van der Waals surface area contributed by atoms with E-state index in [4.69, 9.17) is 4.98 Å². The predicted molar refractivity (Wildman–Crippen MR) is 122 cm³/mol. The van der Waals surface area contributed by atoms with Crippen molar-refractivity contribution in [2.75, 3.05) is 13.1 Å². The van der Waals surface area contributed by atoms with Gasteiger partial charge in [-0.2, -0.15) is 0 Å². The Labute approximate surface area is 191 Å². The Kier molecular flexibility index (Phi) is 5.73. The molecule has 0 radical (unpaired) electrons. The Morgan fingerprint density at radius 2 is 1.79 bits per heavy atom. The van der Waals surface area contributed by atoms with Gasteiger partial charge in [0, 0.05) is 36.6 Å². The van der Waals surface area contributed by atoms with Gasteiger partial charge in [-0.3, -0.25) is 19.4 Å². The molecule has 2 aromatic heterocycles. The predicted octanol–water partition coefficient (Wildman–Crippen LogP) is 2.73. The lowest BCUT2D eigenvalue weighted by atomic mass is 9.99. The monoisotopic (exact) mass is 443 g/mol. The average Bonchev–Trinajstić information content (AvgIpc) is 2.88. The van der Waals surface area contributed by atoms with Gasteiger partial charge >= 0.3 is 0 Å². The number of likely N-dealkylation sites (tertiary alicyclic amines) is 1. The molecule has 0 bridgehead atoms. The van der Waals surface area contributed by atoms with Crippen LogP contribution in [0.2, 0.25) is 0 Å². The largest absolute Gasteiger partial charge is 0.332 e. The first-order chi connectivity index (χ1) is 16.1. The lowest BCUT2D eigenvalue weighted by molar-refractivity contribution is 0.0598. The van der Waals surface area contributed by atoms with Crippen LogP contribution in [0.4, 0.5) is 0 Å². The Morgan fingerprint density at radius 1 is 0.970 bits per heavy atom. The number of aromatic nitrogens is 3. The minimum atomic E-state index is -0.297. The zero-order chi connectivity index (χ0) is 22.8. The standard InChI is InChI=1S/C25H25N5O3/c31-23-19-11-14-29(24(32)18-9-6-12-26-15-18)16-20(19)27-22(28-23)21-10-4-5-13-30(21)25(33)17-7-2-1-3-8-17/h1-3,6-9,12,15,21H,4-5,10-11,13-14,16H2,(H,27,28,31)/t21-/m1/s1. The van der Waals surface area contributed by atoms with Gasteiger partial charge in [0.1, 0.15) is 5.82 Å². The summed E-state index contributed by atoms with van der Waals surface area (Å²) in [6.45, 7) is 1.33. The summed E-state index contributed by atoms with van der Waals surface area (Å²) in [4.78, 5) is 54.3. The molecule has 1 fully saturated rings. The van der Waals surface area contributed by atoms with Crippen LogP contribution < -0.4 is 5.56 Å². The fraction of sp³-hybridized carbons (Fsp3) is 0.320. The Morgan fingerprint density at radius 3 is 2.58 bits per heavy atom. The molecule has 3 aromatic rings. The molecular weight excluding hydrogens is 418 g/mol. The smallest absolute Gasteiger partial charge is 0.255 e. The van der Waals surface area contributed by atoms with E-state index in [2.05, 4.69) is 9.97 Å². The van der Waals surface area contributed by atoms with Crippen LogP contribution in [0, 0.1) is 0 Å². The normalized spacial score (nSPS) is 18.0. The fourth-order valence-electron chi connectivity index (χ4n) is 4.67. The van der Waals surface area contributed by atoms with Gasteiger partial charge in [-0.1, -0.05) is 18.2 Å². The topological polar surface area (TPSA) is 99.3 Å². The molecule has 33 heavy (non-hydrogen) atoms. The Balaban J connectivity index is 1.44. The third-order valence-corrected chi connectivity index (χ3v) is 6.39. The minimum Gasteiger partial charge on any atom is -0.332 e. The van der Waals surface area contributed by atoms with Gasteiger partial charge < -0.3 is 14.8 Å². The number of amides is 2. The van der Waals surface area contributed by atoms with E-state index >= 15 is 0 Å². The van der Waals surface area contributed by atoms with E-state index in [9.17, 15) is 14.4 Å². The second-order valence-electron chi connectivity index (χ2n) is 8.47. The Hall–Kier alpha value is -3.81. The molecule has 1 aromatic carbocycles. The maximum Gasteiger partial charge on any atom is 0.255 e. The number of H-pyrrole nitrogens is 1. The Bertz CT molecular complexity index is 1230. The number of hydrogen-bond acceptors (Lipinski definition) is 5. The number of nitrogens with zero attached hydrogens (tertiary/aromatic N) is 4. The first-order valence-corrected chi connectivity index (χ1v) is 11.3. The number of pyridine rings is 1. The van der Waals surface area contributed by atoms with Gasteiger partial charge in [0.2, 0.25) is 0 Å². The van der Waals surface area contributed by atoms with E-state index in [1.807, 2.05) is 23.1 Å². The molecule has 0 saturated carbocycles. The van der Waals surface area contributed by atoms with Crippen LogP contribution in [0.3, 0.4) is 0 Å². The van der Waals surface area contributed by atoms with Crippen molar-refractivity contribution in [1.29, 1.82) is 0 Å². The highest BCUT2D eigenvalue weighted by molar-refractivity contribution is 5.94. The number of benzene rings is 1. The molecule has 1 atom stereocenters. The number of fused-ring (bicyclic) bond motifs is 1. The molecular formula is C25H25N5O3. The highest BCUT2D eigenvalue weighted by Crippen LogP contribution is 2.30. The third-order valence-electron chi connectivity index (χ3n) is 6.39. The van der Waals surface area contributed by atoms with Crippen molar-refractivity contribution in [3.63, 3.8) is 0 Å². The summed E-state index contributed by atoms with van der Waals surface area (Å²) in [5.74, 6) is 0.309. The maximum atomic E-state index is 13.2. The molecule has 1 N–H and O–H groups in total. The van der Waals surface area contributed by atoms with Gasteiger partial charge in [0.15, 0.2) is 0 Å². The van der Waals surface area contributed by atoms with E-state index in [0.717, 1.165) is 19.3 Å². The van der Waals surface area contributed by atoms with Crippen molar-refractivity contribution in [2.45, 2.75) is 38.3 Å². The fourth-order valence-corrected chi connectivity index (χ4v) is 4.67. The zero-order valence-corrected chi connectivity index (χ0v) is 18.2. The SMILES string of the molecule is O=C(c1cccnc1)N1CCc2c(nc([C@H]3CCCCN3C(=O)c3ccccc3)[nH]c2=O)C1. The van der Waals surface area contributed by atoms with Crippen molar-refractivity contribution < 1.29 is 9.59 Å². The molecule has 4 heterocycles. The van der Waals surface area contributed by atoms with Crippen molar-refractivity contribution in [1.82, 2.24) is 24.8 Å². The van der Waals surface area contributed by atoms with Crippen LogP contribution in [0.15, 0.2) is 59.7 Å². The molecule has 8 heteroatoms. The highest BCUT2D eigenvalue weighted by atomic mass is 16.2. The lowest BCUT2D eigenvalue weighted by Crippen LogP contribution is -2.42. The van der Waals surface area contributed by atoms with Crippen molar-refractivity contribution in [3.05, 3.63) is 93.4 Å². The summed E-state index contributed by atoms with van der Waals surface area (Å²) in [6.07, 6.45) is 6.22. The van der Waals surface area contributed by atoms with Crippen LogP contribution in [0.1, 0.15) is 63.1 Å². The van der Waals surface area contributed by atoms with Crippen molar-refractivity contribution in [2.24, 2.45) is 0 Å². The van der Waals surface area contributed by atoms with Crippen LogP contribution in [-0.4, -0.2) is 49.7 Å². The number of carbonyl (C=O) groups excluding carboxylic acids is 2. The summed E-state index contributed by atoms with van der Waals surface area (Å²) in [5, 5.41) is 0. The molecule has 0 aliphatic carbocycles. The number of nitrogens with one attached hydrogen (secondary N) is 1.